The van der Waals surface area contributed by atoms with Gasteiger partial charge in [0.1, 0.15) is 0 Å². The summed E-state index contributed by atoms with van der Waals surface area (Å²) in [6, 6.07) is 7.47. The molecule has 4 aromatic rings. The number of hydrogen-bond acceptors (Lipinski definition) is 4. The van der Waals surface area contributed by atoms with Crippen molar-refractivity contribution in [3.8, 4) is 5.69 Å². The maximum absolute atomic E-state index is 13.3. The Balaban J connectivity index is 1.97. The summed E-state index contributed by atoms with van der Waals surface area (Å²) in [5.74, 6) is 0.297. The molecule has 0 fully saturated rings. The predicted molar refractivity (Wildman–Crippen MR) is 120 cm³/mol. The molecule has 31 heavy (non-hydrogen) atoms. The lowest BCUT2D eigenvalue weighted by Gasteiger charge is -2.12. The molecule has 0 aliphatic heterocycles. The fraction of sp³-hybridized carbons (Fsp3) is 0.391. The first-order chi connectivity index (χ1) is 14.8. The summed E-state index contributed by atoms with van der Waals surface area (Å²) in [6.07, 6.45) is 5.18. The van der Waals surface area contributed by atoms with Crippen molar-refractivity contribution in [2.75, 3.05) is 0 Å². The first-order valence-corrected chi connectivity index (χ1v) is 10.6. The summed E-state index contributed by atoms with van der Waals surface area (Å²) in [7, 11) is 1.57. The minimum Gasteiger partial charge on any atom is -0.298 e. The molecule has 0 spiro atoms. The Kier molecular flexibility index (Phi) is 5.16. The summed E-state index contributed by atoms with van der Waals surface area (Å²) in [5, 5.41) is 0. The van der Waals surface area contributed by atoms with Crippen molar-refractivity contribution >= 4 is 22.7 Å². The molecule has 3 heterocycles. The maximum atomic E-state index is 13.3. The van der Waals surface area contributed by atoms with Gasteiger partial charge in [0, 0.05) is 24.6 Å². The standard InChI is InChI=1S/C23H27N5O3/c1-6-7-8-17-9-11-18(12-10-17)27-14(2)13-26-19-20(24-22(26)27)25(5)23(31)28(21(19)30)15(3)16(4)29/h9-13,15H,6-8H2,1-5H3/t15-/m1/s1. The molecule has 1 atom stereocenters. The molecule has 0 saturated heterocycles. The van der Waals surface area contributed by atoms with Crippen LogP contribution in [0.1, 0.15) is 50.9 Å². The van der Waals surface area contributed by atoms with E-state index in [0.29, 0.717) is 11.4 Å². The number of Topliss-reactive ketones (excluding diaryl/α,β-unsaturated/α-hetero) is 1. The summed E-state index contributed by atoms with van der Waals surface area (Å²) >= 11 is 0. The fourth-order valence-corrected chi connectivity index (χ4v) is 4.01. The largest absolute Gasteiger partial charge is 0.333 e. The molecule has 0 aliphatic rings. The minimum atomic E-state index is -0.847. The Hall–Kier alpha value is -3.42. The molecule has 4 rings (SSSR count). The Labute approximate surface area is 179 Å². The van der Waals surface area contributed by atoms with Crippen LogP contribution in [0, 0.1) is 6.92 Å². The third-order valence-corrected chi connectivity index (χ3v) is 5.96. The average molecular weight is 422 g/mol. The van der Waals surface area contributed by atoms with Gasteiger partial charge in [0.25, 0.3) is 5.56 Å². The van der Waals surface area contributed by atoms with Crippen LogP contribution in [-0.4, -0.2) is 28.9 Å². The third kappa shape index (κ3) is 3.22. The van der Waals surface area contributed by atoms with Crippen LogP contribution in [0.4, 0.5) is 0 Å². The number of aryl methyl sites for hydroxylation is 3. The van der Waals surface area contributed by atoms with Crippen LogP contribution in [-0.2, 0) is 18.3 Å². The molecule has 0 bridgehead atoms. The van der Waals surface area contributed by atoms with Gasteiger partial charge in [-0.25, -0.2) is 9.36 Å². The van der Waals surface area contributed by atoms with E-state index >= 15 is 0 Å². The number of hydrogen-bond donors (Lipinski definition) is 0. The van der Waals surface area contributed by atoms with Crippen LogP contribution >= 0.6 is 0 Å². The molecule has 0 N–H and O–H groups in total. The van der Waals surface area contributed by atoms with E-state index in [1.165, 1.54) is 17.1 Å². The maximum Gasteiger partial charge on any atom is 0.333 e. The van der Waals surface area contributed by atoms with Gasteiger partial charge < -0.3 is 0 Å². The SMILES string of the molecule is CCCCc1ccc(-n2c(C)cn3c4c(=O)n([C@H](C)C(C)=O)c(=O)n(C)c4nc23)cc1. The third-order valence-electron chi connectivity index (χ3n) is 5.96. The van der Waals surface area contributed by atoms with Gasteiger partial charge in [0.15, 0.2) is 16.9 Å². The van der Waals surface area contributed by atoms with Crippen LogP contribution in [0.3, 0.4) is 0 Å². The number of aromatic nitrogens is 5. The highest BCUT2D eigenvalue weighted by Crippen LogP contribution is 2.22. The zero-order valence-corrected chi connectivity index (χ0v) is 18.5. The highest BCUT2D eigenvalue weighted by molar-refractivity contribution is 5.81. The zero-order valence-electron chi connectivity index (χ0n) is 18.5. The van der Waals surface area contributed by atoms with E-state index in [2.05, 4.69) is 24.0 Å². The smallest absolute Gasteiger partial charge is 0.298 e. The lowest BCUT2D eigenvalue weighted by atomic mass is 10.1. The van der Waals surface area contributed by atoms with E-state index in [9.17, 15) is 14.4 Å². The Bertz CT molecular complexity index is 1420. The second-order valence-corrected chi connectivity index (χ2v) is 8.13. The van der Waals surface area contributed by atoms with E-state index in [1.54, 1.807) is 18.4 Å². The van der Waals surface area contributed by atoms with Crippen molar-refractivity contribution in [1.82, 2.24) is 23.1 Å². The fourth-order valence-electron chi connectivity index (χ4n) is 4.01. The van der Waals surface area contributed by atoms with Crippen LogP contribution < -0.4 is 11.2 Å². The molecule has 0 amide bonds. The van der Waals surface area contributed by atoms with Crippen LogP contribution in [0.25, 0.3) is 22.6 Å². The number of carbonyl (C=O) groups excluding carboxylic acids is 1. The van der Waals surface area contributed by atoms with E-state index in [-0.39, 0.29) is 11.3 Å². The summed E-state index contributed by atoms with van der Waals surface area (Å²) in [4.78, 5) is 42.6. The molecule has 0 radical (unpaired) electrons. The zero-order chi connectivity index (χ0) is 22.4. The van der Waals surface area contributed by atoms with E-state index in [1.807, 2.05) is 29.8 Å². The van der Waals surface area contributed by atoms with E-state index in [4.69, 9.17) is 0 Å². The molecule has 0 unspecified atom stereocenters. The number of nitrogens with zero attached hydrogens (tertiary/aromatic N) is 5. The molecule has 162 valence electrons. The Morgan fingerprint density at radius 1 is 1.16 bits per heavy atom. The quantitative estimate of drug-likeness (QED) is 0.479. The van der Waals surface area contributed by atoms with Crippen molar-refractivity contribution in [3.05, 3.63) is 62.6 Å². The van der Waals surface area contributed by atoms with Gasteiger partial charge in [-0.15, -0.1) is 0 Å². The second-order valence-electron chi connectivity index (χ2n) is 8.13. The predicted octanol–water partition coefficient (Wildman–Crippen LogP) is 2.94. The highest BCUT2D eigenvalue weighted by Gasteiger charge is 2.24. The summed E-state index contributed by atoms with van der Waals surface area (Å²) in [6.45, 7) is 7.06. The number of imidazole rings is 2. The number of fused-ring (bicyclic) bond motifs is 3. The molecular weight excluding hydrogens is 394 g/mol. The Morgan fingerprint density at radius 2 is 1.84 bits per heavy atom. The van der Waals surface area contributed by atoms with Gasteiger partial charge in [0.05, 0.1) is 6.04 Å². The van der Waals surface area contributed by atoms with Crippen molar-refractivity contribution < 1.29 is 4.79 Å². The lowest BCUT2D eigenvalue weighted by Crippen LogP contribution is -2.42. The van der Waals surface area contributed by atoms with Crippen molar-refractivity contribution in [3.63, 3.8) is 0 Å². The van der Waals surface area contributed by atoms with Gasteiger partial charge in [0.2, 0.25) is 5.78 Å². The molecular formula is C23H27N5O3. The van der Waals surface area contributed by atoms with Gasteiger partial charge >= 0.3 is 5.69 Å². The van der Waals surface area contributed by atoms with Crippen LogP contribution in [0.2, 0.25) is 0 Å². The van der Waals surface area contributed by atoms with Gasteiger partial charge in [-0.2, -0.15) is 4.98 Å². The number of ketones is 1. The first kappa shape index (κ1) is 20.8. The lowest BCUT2D eigenvalue weighted by molar-refractivity contribution is -0.119. The highest BCUT2D eigenvalue weighted by atomic mass is 16.2. The number of unbranched alkanes of at least 4 members (excludes halogenated alkanes) is 1. The second kappa shape index (κ2) is 7.68. The van der Waals surface area contributed by atoms with Gasteiger partial charge in [-0.3, -0.25) is 23.1 Å². The number of rotatable bonds is 6. The van der Waals surface area contributed by atoms with E-state index < -0.39 is 17.3 Å². The van der Waals surface area contributed by atoms with Crippen molar-refractivity contribution in [2.45, 2.75) is 53.0 Å². The minimum absolute atomic E-state index is 0.253. The van der Waals surface area contributed by atoms with Crippen molar-refractivity contribution in [2.24, 2.45) is 7.05 Å². The summed E-state index contributed by atoms with van der Waals surface area (Å²) in [5.41, 5.74) is 2.64. The average Bonchev–Trinajstić information content (AvgIpc) is 3.25. The van der Waals surface area contributed by atoms with Crippen molar-refractivity contribution in [1.29, 1.82) is 0 Å². The molecule has 0 aliphatic carbocycles. The number of carbonyl (C=O) groups is 1. The molecule has 3 aromatic heterocycles. The molecule has 8 heteroatoms. The Morgan fingerprint density at radius 3 is 2.45 bits per heavy atom. The topological polar surface area (TPSA) is 83.3 Å². The van der Waals surface area contributed by atoms with Gasteiger partial charge in [-0.05, 0) is 51.3 Å². The molecule has 8 nitrogen and oxygen atoms in total. The monoisotopic (exact) mass is 421 g/mol. The molecule has 1 aromatic carbocycles. The first-order valence-electron chi connectivity index (χ1n) is 10.6. The number of benzene rings is 1. The van der Waals surface area contributed by atoms with Crippen LogP contribution in [0.5, 0.6) is 0 Å². The van der Waals surface area contributed by atoms with Gasteiger partial charge in [-0.1, -0.05) is 25.5 Å². The normalized spacial score (nSPS) is 12.7. The van der Waals surface area contributed by atoms with Crippen LogP contribution in [0.15, 0.2) is 40.1 Å². The summed E-state index contributed by atoms with van der Waals surface area (Å²) < 4.78 is 6.01. The van der Waals surface area contributed by atoms with E-state index in [0.717, 1.165) is 35.2 Å². The molecule has 0 saturated carbocycles.